The minimum Gasteiger partial charge on any atom is -0.495 e. The van der Waals surface area contributed by atoms with Crippen molar-refractivity contribution in [3.63, 3.8) is 0 Å². The lowest BCUT2D eigenvalue weighted by atomic mass is 10.1. The molecule has 46 heavy (non-hydrogen) atoms. The van der Waals surface area contributed by atoms with Crippen molar-refractivity contribution < 1.29 is 33.4 Å². The Kier molecular flexibility index (Phi) is 11.9. The van der Waals surface area contributed by atoms with E-state index < -0.39 is 23.1 Å². The number of thioether (sulfide) groups is 1. The van der Waals surface area contributed by atoms with Gasteiger partial charge in [-0.15, -0.1) is 21.5 Å². The number of carbonyl (C=O) groups is 4. The van der Waals surface area contributed by atoms with E-state index in [0.717, 1.165) is 28.7 Å². The monoisotopic (exact) mass is 665 g/mol. The van der Waals surface area contributed by atoms with Gasteiger partial charge in [0.15, 0.2) is 11.0 Å². The molecule has 0 bridgehead atoms. The third kappa shape index (κ3) is 8.12. The highest BCUT2D eigenvalue weighted by Gasteiger charge is 2.29. The van der Waals surface area contributed by atoms with Crippen molar-refractivity contribution in [1.82, 2.24) is 20.1 Å². The number of hydrogen-bond acceptors (Lipinski definition) is 11. The molecule has 0 saturated carbocycles. The van der Waals surface area contributed by atoms with Crippen LogP contribution in [0, 0.1) is 6.92 Å². The summed E-state index contributed by atoms with van der Waals surface area (Å²) in [6.07, 6.45) is 0.205. The van der Waals surface area contributed by atoms with Crippen molar-refractivity contribution in [3.05, 3.63) is 82.0 Å². The van der Waals surface area contributed by atoms with Crippen LogP contribution in [0.1, 0.15) is 57.8 Å². The number of carbonyl (C=O) groups excluding carboxylic acids is 4. The van der Waals surface area contributed by atoms with Crippen molar-refractivity contribution in [1.29, 1.82) is 0 Å². The molecule has 0 unspecified atom stereocenters. The zero-order chi connectivity index (χ0) is 33.2. The van der Waals surface area contributed by atoms with Gasteiger partial charge in [-0.1, -0.05) is 54.2 Å². The highest BCUT2D eigenvalue weighted by molar-refractivity contribution is 8.00. The van der Waals surface area contributed by atoms with Crippen LogP contribution in [0.15, 0.2) is 59.8 Å². The summed E-state index contributed by atoms with van der Waals surface area (Å²) in [6, 6.07) is 16.7. The molecular formula is C32H35N5O7S2. The molecule has 0 saturated heterocycles. The first-order chi connectivity index (χ1) is 22.2. The van der Waals surface area contributed by atoms with Crippen LogP contribution < -0.4 is 15.4 Å². The van der Waals surface area contributed by atoms with Crippen LogP contribution in [0.25, 0.3) is 5.69 Å². The molecular weight excluding hydrogens is 631 g/mol. The second kappa shape index (κ2) is 16.0. The topological polar surface area (TPSA) is 151 Å². The van der Waals surface area contributed by atoms with Crippen molar-refractivity contribution in [2.24, 2.45) is 0 Å². The Labute approximate surface area is 274 Å². The largest absolute Gasteiger partial charge is 0.495 e. The van der Waals surface area contributed by atoms with Gasteiger partial charge in [0.25, 0.3) is 0 Å². The number of ether oxygens (including phenoxy) is 3. The molecule has 2 heterocycles. The number of amides is 2. The Morgan fingerprint density at radius 1 is 0.957 bits per heavy atom. The van der Waals surface area contributed by atoms with Crippen LogP contribution >= 0.6 is 23.1 Å². The lowest BCUT2D eigenvalue weighted by Crippen LogP contribution is -2.26. The summed E-state index contributed by atoms with van der Waals surface area (Å²) < 4.78 is 17.7. The van der Waals surface area contributed by atoms with E-state index in [4.69, 9.17) is 14.2 Å². The summed E-state index contributed by atoms with van der Waals surface area (Å²) in [5, 5.41) is 14.2. The fourth-order valence-electron chi connectivity index (χ4n) is 4.44. The smallest absolute Gasteiger partial charge is 0.348 e. The predicted molar refractivity (Wildman–Crippen MR) is 175 cm³/mol. The molecule has 2 aromatic carbocycles. The fraction of sp³-hybridized carbons (Fsp3) is 0.312. The number of aromatic nitrogens is 3. The van der Waals surface area contributed by atoms with Crippen molar-refractivity contribution in [3.8, 4) is 11.4 Å². The van der Waals surface area contributed by atoms with Gasteiger partial charge >= 0.3 is 11.9 Å². The standard InChI is InChI=1S/C32H35N5O7S2/c1-6-43-30(40)26-19(3)27(31(41)44-7-2)46-29(26)34-28(39)20(4)45-32-36-35-24(37(32)22-15-11-12-16-23(22)42-5)18-33-25(38)17-21-13-9-8-10-14-21/h8-16,20H,6-7,17-18H2,1-5H3,(H,33,38)(H,34,39)/t20-/m0/s1. The predicted octanol–water partition coefficient (Wildman–Crippen LogP) is 4.98. The van der Waals surface area contributed by atoms with Gasteiger partial charge in [-0.2, -0.15) is 0 Å². The van der Waals surface area contributed by atoms with Crippen LogP contribution in [0.3, 0.4) is 0 Å². The second-order valence-corrected chi connectivity index (χ2v) is 12.1. The van der Waals surface area contributed by atoms with Crippen molar-refractivity contribution in [2.45, 2.75) is 51.1 Å². The SMILES string of the molecule is CCOC(=O)c1sc(NC(=O)[C@H](C)Sc2nnc(CNC(=O)Cc3ccccc3)n2-c2ccccc2OC)c(C(=O)OCC)c1C. The Balaban J connectivity index is 1.59. The van der Waals surface area contributed by atoms with E-state index >= 15 is 0 Å². The Morgan fingerprint density at radius 3 is 2.33 bits per heavy atom. The molecule has 0 aliphatic heterocycles. The van der Waals surface area contributed by atoms with Gasteiger partial charge in [-0.25, -0.2) is 9.59 Å². The number of rotatable bonds is 14. The summed E-state index contributed by atoms with van der Waals surface area (Å²) in [7, 11) is 1.54. The molecule has 1 atom stereocenters. The van der Waals surface area contributed by atoms with Gasteiger partial charge in [0, 0.05) is 0 Å². The van der Waals surface area contributed by atoms with Gasteiger partial charge in [-0.3, -0.25) is 14.2 Å². The first-order valence-corrected chi connectivity index (χ1v) is 16.2. The molecule has 12 nitrogen and oxygen atoms in total. The summed E-state index contributed by atoms with van der Waals surface area (Å²) in [5.41, 5.74) is 1.97. The van der Waals surface area contributed by atoms with E-state index in [-0.39, 0.29) is 47.5 Å². The van der Waals surface area contributed by atoms with Crippen LogP contribution in [-0.2, 0) is 32.0 Å². The molecule has 2 amide bonds. The van der Waals surface area contributed by atoms with Gasteiger partial charge in [0.1, 0.15) is 15.6 Å². The van der Waals surface area contributed by atoms with Gasteiger partial charge in [-0.05, 0) is 51.0 Å². The summed E-state index contributed by atoms with van der Waals surface area (Å²) in [4.78, 5) is 51.8. The maximum Gasteiger partial charge on any atom is 0.348 e. The lowest BCUT2D eigenvalue weighted by Gasteiger charge is -2.16. The molecule has 4 aromatic rings. The number of para-hydroxylation sites is 2. The summed E-state index contributed by atoms with van der Waals surface area (Å²) >= 11 is 2.08. The number of esters is 2. The number of methoxy groups -OCH3 is 1. The van der Waals surface area contributed by atoms with Crippen LogP contribution in [0.2, 0.25) is 0 Å². The molecule has 4 rings (SSSR count). The summed E-state index contributed by atoms with van der Waals surface area (Å²) in [5.74, 6) is -0.909. The van der Waals surface area contributed by atoms with E-state index in [9.17, 15) is 19.2 Å². The highest BCUT2D eigenvalue weighted by Crippen LogP contribution is 2.36. The molecule has 2 N–H and O–H groups in total. The highest BCUT2D eigenvalue weighted by atomic mass is 32.2. The maximum absolute atomic E-state index is 13.5. The van der Waals surface area contributed by atoms with E-state index in [1.807, 2.05) is 48.5 Å². The minimum atomic E-state index is -0.735. The Morgan fingerprint density at radius 2 is 1.63 bits per heavy atom. The van der Waals surface area contributed by atoms with Crippen molar-refractivity contribution >= 4 is 51.9 Å². The minimum absolute atomic E-state index is 0.0753. The fourth-order valence-corrected chi connectivity index (χ4v) is 6.41. The number of benzene rings is 2. The van der Waals surface area contributed by atoms with E-state index in [1.165, 1.54) is 0 Å². The normalized spacial score (nSPS) is 11.4. The molecule has 0 spiro atoms. The van der Waals surface area contributed by atoms with Gasteiger partial charge in [0.2, 0.25) is 11.8 Å². The maximum atomic E-state index is 13.5. The van der Waals surface area contributed by atoms with Crippen LogP contribution in [0.5, 0.6) is 5.75 Å². The van der Waals surface area contributed by atoms with Crippen LogP contribution in [-0.4, -0.2) is 64.1 Å². The zero-order valence-corrected chi connectivity index (χ0v) is 27.8. The molecule has 242 valence electrons. The average molecular weight is 666 g/mol. The number of thiophene rings is 1. The second-order valence-electron chi connectivity index (χ2n) is 9.80. The number of hydrogen-bond donors (Lipinski definition) is 2. The third-order valence-corrected chi connectivity index (χ3v) is 8.88. The summed E-state index contributed by atoms with van der Waals surface area (Å²) in [6.45, 7) is 7.00. The molecule has 14 heteroatoms. The van der Waals surface area contributed by atoms with E-state index in [1.54, 1.807) is 45.4 Å². The molecule has 0 aliphatic carbocycles. The average Bonchev–Trinajstić information content (AvgIpc) is 3.60. The van der Waals surface area contributed by atoms with Gasteiger partial charge < -0.3 is 24.8 Å². The molecule has 2 aromatic heterocycles. The van der Waals surface area contributed by atoms with E-state index in [0.29, 0.717) is 28.0 Å². The Hall–Kier alpha value is -4.69. The van der Waals surface area contributed by atoms with Gasteiger partial charge in [0.05, 0.1) is 49.8 Å². The third-order valence-electron chi connectivity index (χ3n) is 6.65. The van der Waals surface area contributed by atoms with Crippen molar-refractivity contribution in [2.75, 3.05) is 25.6 Å². The first-order valence-electron chi connectivity index (χ1n) is 14.5. The quantitative estimate of drug-likeness (QED) is 0.139. The number of nitrogens with one attached hydrogen (secondary N) is 2. The zero-order valence-electron chi connectivity index (χ0n) is 26.1. The Bertz CT molecular complexity index is 1700. The first kappa shape index (κ1) is 34.2. The molecule has 0 fully saturated rings. The van der Waals surface area contributed by atoms with Crippen LogP contribution in [0.4, 0.5) is 5.00 Å². The number of nitrogens with zero attached hydrogens (tertiary/aromatic N) is 3. The van der Waals surface area contributed by atoms with E-state index in [2.05, 4.69) is 20.8 Å². The number of anilines is 1. The lowest BCUT2D eigenvalue weighted by molar-refractivity contribution is -0.120. The molecule has 0 aliphatic rings. The molecule has 0 radical (unpaired) electrons.